The van der Waals surface area contributed by atoms with Crippen LogP contribution < -0.4 is 10.6 Å². The number of thioether (sulfide) groups is 1. The molecule has 8 heteroatoms. The lowest BCUT2D eigenvalue weighted by molar-refractivity contribution is 0.0170. The molecule has 0 atom stereocenters. The number of likely N-dealkylation sites (tertiary alicyclic amines) is 1. The molecule has 1 rings (SSSR count). The quantitative estimate of drug-likeness (QED) is 0.297. The Hall–Kier alpha value is -1.15. The van der Waals surface area contributed by atoms with Crippen molar-refractivity contribution in [1.29, 1.82) is 0 Å². The normalized spacial score (nSPS) is 16.0. The number of rotatable bonds is 11. The Bertz CT molecular complexity index is 475. The molecule has 7 nitrogen and oxygen atoms in total. The SMILES string of the molecule is CCNC(=NCCCCSC)N1CCC(OCCCNC(=O)OC(C)(C)C)CC1. The predicted octanol–water partition coefficient (Wildman–Crippen LogP) is 3.49. The van der Waals surface area contributed by atoms with E-state index in [4.69, 9.17) is 14.5 Å². The highest BCUT2D eigenvalue weighted by atomic mass is 32.2. The van der Waals surface area contributed by atoms with Gasteiger partial charge in [0, 0.05) is 39.3 Å². The number of nitrogens with zero attached hydrogens (tertiary/aromatic N) is 2. The number of hydrogen-bond acceptors (Lipinski definition) is 5. The van der Waals surface area contributed by atoms with Gasteiger partial charge in [0.05, 0.1) is 6.10 Å². The number of carbonyl (C=O) groups is 1. The zero-order valence-corrected chi connectivity index (χ0v) is 19.9. The Morgan fingerprint density at radius 2 is 1.90 bits per heavy atom. The number of amides is 1. The average molecular weight is 431 g/mol. The van der Waals surface area contributed by atoms with Crippen LogP contribution in [0.15, 0.2) is 4.99 Å². The van der Waals surface area contributed by atoms with Crippen LogP contribution in [0.3, 0.4) is 0 Å². The van der Waals surface area contributed by atoms with Crippen molar-refractivity contribution in [3.63, 3.8) is 0 Å². The first kappa shape index (κ1) is 25.9. The largest absolute Gasteiger partial charge is 0.444 e. The van der Waals surface area contributed by atoms with Gasteiger partial charge in [-0.25, -0.2) is 4.79 Å². The van der Waals surface area contributed by atoms with E-state index in [1.54, 1.807) is 0 Å². The number of aliphatic imine (C=N–C) groups is 1. The summed E-state index contributed by atoms with van der Waals surface area (Å²) in [5.74, 6) is 2.25. The summed E-state index contributed by atoms with van der Waals surface area (Å²) in [6, 6.07) is 0. The van der Waals surface area contributed by atoms with Crippen LogP contribution in [0, 0.1) is 0 Å². The van der Waals surface area contributed by atoms with Crippen molar-refractivity contribution in [2.45, 2.75) is 71.5 Å². The van der Waals surface area contributed by atoms with Crippen molar-refractivity contribution in [2.24, 2.45) is 4.99 Å². The third-order valence-electron chi connectivity index (χ3n) is 4.44. The van der Waals surface area contributed by atoms with Gasteiger partial charge in [0.1, 0.15) is 5.60 Å². The summed E-state index contributed by atoms with van der Waals surface area (Å²) in [6.07, 6.45) is 7.26. The summed E-state index contributed by atoms with van der Waals surface area (Å²) < 4.78 is 11.2. The van der Waals surface area contributed by atoms with Gasteiger partial charge in [0.25, 0.3) is 0 Å². The third-order valence-corrected chi connectivity index (χ3v) is 5.13. The average Bonchev–Trinajstić information content (AvgIpc) is 2.66. The first-order valence-electron chi connectivity index (χ1n) is 11.0. The summed E-state index contributed by atoms with van der Waals surface area (Å²) in [7, 11) is 0. The molecule has 0 saturated carbocycles. The van der Waals surface area contributed by atoms with Crippen molar-refractivity contribution in [2.75, 3.05) is 51.3 Å². The van der Waals surface area contributed by atoms with Gasteiger partial charge in [-0.15, -0.1) is 0 Å². The van der Waals surface area contributed by atoms with Crippen LogP contribution in [0.2, 0.25) is 0 Å². The molecular formula is C21H42N4O3S. The van der Waals surface area contributed by atoms with E-state index in [2.05, 4.69) is 28.7 Å². The van der Waals surface area contributed by atoms with Gasteiger partial charge >= 0.3 is 6.09 Å². The van der Waals surface area contributed by atoms with Gasteiger partial charge in [-0.2, -0.15) is 11.8 Å². The van der Waals surface area contributed by atoms with E-state index in [-0.39, 0.29) is 12.2 Å². The highest BCUT2D eigenvalue weighted by Crippen LogP contribution is 2.14. The van der Waals surface area contributed by atoms with E-state index in [9.17, 15) is 4.79 Å². The fourth-order valence-electron chi connectivity index (χ4n) is 3.03. The first-order valence-corrected chi connectivity index (χ1v) is 12.4. The van der Waals surface area contributed by atoms with Gasteiger partial charge in [0.2, 0.25) is 0 Å². The number of guanidine groups is 1. The highest BCUT2D eigenvalue weighted by molar-refractivity contribution is 7.98. The highest BCUT2D eigenvalue weighted by Gasteiger charge is 2.22. The van der Waals surface area contributed by atoms with Crippen molar-refractivity contribution in [3.05, 3.63) is 0 Å². The molecule has 1 fully saturated rings. The number of ether oxygens (including phenoxy) is 2. The molecule has 1 amide bonds. The maximum atomic E-state index is 11.6. The van der Waals surface area contributed by atoms with Gasteiger partial charge in [0.15, 0.2) is 5.96 Å². The number of piperidine rings is 1. The molecule has 1 saturated heterocycles. The van der Waals surface area contributed by atoms with E-state index in [0.29, 0.717) is 13.2 Å². The summed E-state index contributed by atoms with van der Waals surface area (Å²) >= 11 is 1.90. The van der Waals surface area contributed by atoms with E-state index in [0.717, 1.165) is 57.8 Å². The number of nitrogens with one attached hydrogen (secondary N) is 2. The van der Waals surface area contributed by atoms with E-state index >= 15 is 0 Å². The minimum atomic E-state index is -0.460. The van der Waals surface area contributed by atoms with Crippen molar-refractivity contribution >= 4 is 23.8 Å². The lowest BCUT2D eigenvalue weighted by atomic mass is 10.1. The van der Waals surface area contributed by atoms with Crippen LogP contribution >= 0.6 is 11.8 Å². The molecule has 1 heterocycles. The predicted molar refractivity (Wildman–Crippen MR) is 123 cm³/mol. The van der Waals surface area contributed by atoms with Crippen molar-refractivity contribution in [3.8, 4) is 0 Å². The van der Waals surface area contributed by atoms with Gasteiger partial charge in [-0.1, -0.05) is 0 Å². The van der Waals surface area contributed by atoms with Crippen LogP contribution in [-0.4, -0.2) is 80.0 Å². The zero-order valence-electron chi connectivity index (χ0n) is 19.1. The third kappa shape index (κ3) is 12.9. The minimum absolute atomic E-state index is 0.289. The van der Waals surface area contributed by atoms with E-state index < -0.39 is 5.60 Å². The zero-order chi connectivity index (χ0) is 21.5. The Kier molecular flexibility index (Phi) is 13.2. The lowest BCUT2D eigenvalue weighted by Gasteiger charge is -2.34. The molecule has 0 aromatic heterocycles. The maximum Gasteiger partial charge on any atom is 0.407 e. The Morgan fingerprint density at radius 1 is 1.17 bits per heavy atom. The number of unbranched alkanes of at least 4 members (excludes halogenated alkanes) is 1. The molecule has 0 aromatic carbocycles. The van der Waals surface area contributed by atoms with Gasteiger partial charge in [-0.3, -0.25) is 4.99 Å². The van der Waals surface area contributed by atoms with Crippen LogP contribution in [0.4, 0.5) is 4.79 Å². The molecule has 0 aromatic rings. The molecular weight excluding hydrogens is 388 g/mol. The smallest absolute Gasteiger partial charge is 0.407 e. The molecule has 0 radical (unpaired) electrons. The molecule has 0 aliphatic carbocycles. The topological polar surface area (TPSA) is 75.2 Å². The molecule has 0 spiro atoms. The molecule has 0 unspecified atom stereocenters. The standard InChI is InChI=1S/C21H42N4O3S/c1-6-22-19(23-12-7-8-17-29-5)25-14-10-18(11-15-25)27-16-9-13-24-20(26)28-21(2,3)4/h18H,6-17H2,1-5H3,(H,22,23)(H,24,26). The number of carbonyl (C=O) groups excluding carboxylic acids is 1. The first-order chi connectivity index (χ1) is 13.9. The van der Waals surface area contributed by atoms with Crippen LogP contribution in [0.25, 0.3) is 0 Å². The minimum Gasteiger partial charge on any atom is -0.444 e. The Morgan fingerprint density at radius 3 is 2.52 bits per heavy atom. The van der Waals surface area contributed by atoms with E-state index in [1.165, 1.54) is 12.2 Å². The Labute approximate surface area is 181 Å². The van der Waals surface area contributed by atoms with Crippen LogP contribution in [0.1, 0.15) is 59.8 Å². The van der Waals surface area contributed by atoms with Crippen LogP contribution in [0.5, 0.6) is 0 Å². The summed E-state index contributed by atoms with van der Waals surface area (Å²) in [4.78, 5) is 18.7. The second kappa shape index (κ2) is 14.8. The van der Waals surface area contributed by atoms with E-state index in [1.807, 2.05) is 32.5 Å². The molecule has 170 valence electrons. The monoisotopic (exact) mass is 430 g/mol. The molecule has 29 heavy (non-hydrogen) atoms. The molecule has 1 aliphatic heterocycles. The summed E-state index contributed by atoms with van der Waals surface area (Å²) in [6.45, 7) is 12.7. The number of alkyl carbamates (subject to hydrolysis) is 1. The molecule has 0 bridgehead atoms. The summed E-state index contributed by atoms with van der Waals surface area (Å²) in [5.41, 5.74) is -0.460. The van der Waals surface area contributed by atoms with Crippen molar-refractivity contribution < 1.29 is 14.3 Å². The summed E-state index contributed by atoms with van der Waals surface area (Å²) in [5, 5.41) is 6.19. The lowest BCUT2D eigenvalue weighted by Crippen LogP contribution is -2.47. The van der Waals surface area contributed by atoms with Gasteiger partial charge in [-0.05, 0) is 71.8 Å². The second-order valence-electron chi connectivity index (χ2n) is 8.27. The fraction of sp³-hybridized carbons (Fsp3) is 0.905. The second-order valence-corrected chi connectivity index (χ2v) is 9.26. The number of hydrogen-bond donors (Lipinski definition) is 2. The van der Waals surface area contributed by atoms with Crippen molar-refractivity contribution in [1.82, 2.24) is 15.5 Å². The molecule has 1 aliphatic rings. The van der Waals surface area contributed by atoms with Gasteiger partial charge < -0.3 is 25.0 Å². The fourth-order valence-corrected chi connectivity index (χ4v) is 3.52. The maximum absolute atomic E-state index is 11.6. The Balaban J connectivity index is 2.20. The molecule has 2 N–H and O–H groups in total. The van der Waals surface area contributed by atoms with Crippen LogP contribution in [-0.2, 0) is 9.47 Å².